The van der Waals surface area contributed by atoms with Crippen molar-refractivity contribution in [3.05, 3.63) is 34.3 Å². The summed E-state index contributed by atoms with van der Waals surface area (Å²) < 4.78 is 1.21. The summed E-state index contributed by atoms with van der Waals surface area (Å²) in [5.41, 5.74) is 1.74. The monoisotopic (exact) mass is 352 g/mol. The molecule has 1 aliphatic carbocycles. The highest BCUT2D eigenvalue weighted by Crippen LogP contribution is 2.27. The average molecular weight is 353 g/mol. The number of nitrogens with one attached hydrogen (secondary N) is 1. The van der Waals surface area contributed by atoms with Gasteiger partial charge < -0.3 is 10.2 Å². The van der Waals surface area contributed by atoms with Crippen molar-refractivity contribution in [3.63, 3.8) is 0 Å². The number of rotatable bonds is 9. The maximum absolute atomic E-state index is 3.73. The van der Waals surface area contributed by atoms with Crippen LogP contribution >= 0.6 is 15.9 Å². The molecule has 2 nitrogen and oxygen atoms in total. The van der Waals surface area contributed by atoms with Crippen LogP contribution in [0.1, 0.15) is 45.1 Å². The predicted molar refractivity (Wildman–Crippen MR) is 94.5 cm³/mol. The Hall–Kier alpha value is -0.380. The van der Waals surface area contributed by atoms with E-state index < -0.39 is 0 Å². The summed E-state index contributed by atoms with van der Waals surface area (Å²) in [7, 11) is 2.24. The molecule has 0 saturated heterocycles. The molecular weight excluding hydrogens is 324 g/mol. The topological polar surface area (TPSA) is 15.3 Å². The van der Waals surface area contributed by atoms with Crippen molar-refractivity contribution in [1.29, 1.82) is 0 Å². The maximum Gasteiger partial charge on any atom is 0.0242 e. The van der Waals surface area contributed by atoms with E-state index in [-0.39, 0.29) is 0 Å². The van der Waals surface area contributed by atoms with Crippen LogP contribution in [0.15, 0.2) is 28.7 Å². The molecule has 1 N–H and O–H groups in total. The second-order valence-corrected chi connectivity index (χ2v) is 7.83. The number of hydrogen-bond acceptors (Lipinski definition) is 2. The van der Waals surface area contributed by atoms with E-state index in [2.05, 4.69) is 71.3 Å². The lowest BCUT2D eigenvalue weighted by molar-refractivity contribution is 0.167. The fourth-order valence-electron chi connectivity index (χ4n) is 3.13. The van der Waals surface area contributed by atoms with Gasteiger partial charge in [-0.05, 0) is 43.4 Å². The van der Waals surface area contributed by atoms with E-state index in [0.29, 0.717) is 5.41 Å². The molecule has 1 aliphatic rings. The zero-order valence-electron chi connectivity index (χ0n) is 13.7. The lowest BCUT2D eigenvalue weighted by Crippen LogP contribution is -2.41. The van der Waals surface area contributed by atoms with Crippen molar-refractivity contribution >= 4 is 15.9 Å². The highest BCUT2D eigenvalue weighted by molar-refractivity contribution is 9.10. The molecule has 0 aromatic heterocycles. The third-order valence-corrected chi connectivity index (χ3v) is 5.07. The molecule has 1 aromatic rings. The average Bonchev–Trinajstić information content (AvgIpc) is 3.23. The van der Waals surface area contributed by atoms with Crippen molar-refractivity contribution in [2.45, 2.75) is 52.1 Å². The van der Waals surface area contributed by atoms with Crippen LogP contribution in [-0.2, 0) is 6.54 Å². The van der Waals surface area contributed by atoms with Crippen LogP contribution < -0.4 is 5.32 Å². The Morgan fingerprint density at radius 3 is 2.67 bits per heavy atom. The molecular formula is C18H29BrN2. The van der Waals surface area contributed by atoms with Crippen LogP contribution in [0.4, 0.5) is 0 Å². The molecule has 0 amide bonds. The molecule has 3 heteroatoms. The minimum atomic E-state index is 0.368. The largest absolute Gasteiger partial charge is 0.313 e. The molecule has 1 atom stereocenters. The summed E-state index contributed by atoms with van der Waals surface area (Å²) in [4.78, 5) is 2.46. The van der Waals surface area contributed by atoms with Crippen molar-refractivity contribution in [2.24, 2.45) is 5.41 Å². The Kier molecular flexibility index (Phi) is 6.27. The van der Waals surface area contributed by atoms with E-state index in [4.69, 9.17) is 0 Å². The van der Waals surface area contributed by atoms with E-state index in [9.17, 15) is 0 Å². The summed E-state index contributed by atoms with van der Waals surface area (Å²) in [6.45, 7) is 8.02. The standard InChI is InChI=1S/C18H29BrN2/c1-4-11-18(2,13-20-16-9-10-16)14-21(3)12-15-7-5-6-8-17(15)19/h5-8,16,20H,4,9-14H2,1-3H3. The Morgan fingerprint density at radius 1 is 1.33 bits per heavy atom. The van der Waals surface area contributed by atoms with Gasteiger partial charge in [0.25, 0.3) is 0 Å². The van der Waals surface area contributed by atoms with Crippen LogP contribution in [0.3, 0.4) is 0 Å². The summed E-state index contributed by atoms with van der Waals surface area (Å²) in [5, 5.41) is 3.73. The number of nitrogens with zero attached hydrogens (tertiary/aromatic N) is 1. The molecule has 0 aliphatic heterocycles. The minimum Gasteiger partial charge on any atom is -0.313 e. The Bertz CT molecular complexity index is 445. The molecule has 0 heterocycles. The minimum absolute atomic E-state index is 0.368. The van der Waals surface area contributed by atoms with Gasteiger partial charge in [0.2, 0.25) is 0 Å². The first-order valence-electron chi connectivity index (χ1n) is 8.18. The van der Waals surface area contributed by atoms with Gasteiger partial charge in [0.15, 0.2) is 0 Å². The fourth-order valence-corrected chi connectivity index (χ4v) is 3.54. The molecule has 0 bridgehead atoms. The molecule has 0 spiro atoms. The summed E-state index contributed by atoms with van der Waals surface area (Å²) in [6.07, 6.45) is 5.28. The molecule has 118 valence electrons. The lowest BCUT2D eigenvalue weighted by atomic mass is 9.84. The highest BCUT2D eigenvalue weighted by Gasteiger charge is 2.29. The summed E-state index contributed by atoms with van der Waals surface area (Å²) >= 11 is 3.65. The smallest absolute Gasteiger partial charge is 0.0242 e. The first-order chi connectivity index (χ1) is 10.0. The van der Waals surface area contributed by atoms with Crippen LogP contribution in [0.2, 0.25) is 0 Å². The highest BCUT2D eigenvalue weighted by atomic mass is 79.9. The summed E-state index contributed by atoms with van der Waals surface area (Å²) in [5.74, 6) is 0. The van der Waals surface area contributed by atoms with Crippen molar-refractivity contribution < 1.29 is 0 Å². The van der Waals surface area contributed by atoms with Crippen molar-refractivity contribution in [1.82, 2.24) is 10.2 Å². The van der Waals surface area contributed by atoms with Crippen molar-refractivity contribution in [3.8, 4) is 0 Å². The first kappa shape index (κ1) is 17.0. The molecule has 1 saturated carbocycles. The lowest BCUT2D eigenvalue weighted by Gasteiger charge is -2.34. The Morgan fingerprint density at radius 2 is 2.05 bits per heavy atom. The van der Waals surface area contributed by atoms with E-state index in [1.165, 1.54) is 35.7 Å². The van der Waals surface area contributed by atoms with Crippen LogP contribution in [0.25, 0.3) is 0 Å². The van der Waals surface area contributed by atoms with Gasteiger partial charge >= 0.3 is 0 Å². The SMILES string of the molecule is CCCC(C)(CNC1CC1)CN(C)Cc1ccccc1Br. The van der Waals surface area contributed by atoms with Crippen LogP contribution in [0, 0.1) is 5.41 Å². The van der Waals surface area contributed by atoms with Gasteiger partial charge in [-0.25, -0.2) is 0 Å². The van der Waals surface area contributed by atoms with E-state index >= 15 is 0 Å². The fraction of sp³-hybridized carbons (Fsp3) is 0.667. The maximum atomic E-state index is 3.73. The molecule has 1 fully saturated rings. The van der Waals surface area contributed by atoms with E-state index in [0.717, 1.165) is 25.7 Å². The van der Waals surface area contributed by atoms with Gasteiger partial charge in [-0.2, -0.15) is 0 Å². The Balaban J connectivity index is 1.90. The third-order valence-electron chi connectivity index (χ3n) is 4.30. The van der Waals surface area contributed by atoms with Gasteiger partial charge in [0.1, 0.15) is 0 Å². The van der Waals surface area contributed by atoms with Crippen molar-refractivity contribution in [2.75, 3.05) is 20.1 Å². The Labute approximate surface area is 138 Å². The third kappa shape index (κ3) is 5.72. The quantitative estimate of drug-likeness (QED) is 0.706. The molecule has 0 radical (unpaired) electrons. The van der Waals surface area contributed by atoms with Crippen LogP contribution in [-0.4, -0.2) is 31.1 Å². The van der Waals surface area contributed by atoms with Gasteiger partial charge in [-0.1, -0.05) is 54.4 Å². The van der Waals surface area contributed by atoms with E-state index in [1.54, 1.807) is 0 Å². The summed E-state index contributed by atoms with van der Waals surface area (Å²) in [6, 6.07) is 9.33. The predicted octanol–water partition coefficient (Wildman–Crippen LogP) is 4.44. The molecule has 21 heavy (non-hydrogen) atoms. The van der Waals surface area contributed by atoms with Gasteiger partial charge in [0.05, 0.1) is 0 Å². The van der Waals surface area contributed by atoms with Gasteiger partial charge in [-0.15, -0.1) is 0 Å². The molecule has 2 rings (SSSR count). The number of hydrogen-bond donors (Lipinski definition) is 1. The number of halogens is 1. The van der Waals surface area contributed by atoms with Gasteiger partial charge in [-0.3, -0.25) is 0 Å². The van der Waals surface area contributed by atoms with Crippen LogP contribution in [0.5, 0.6) is 0 Å². The molecule has 1 unspecified atom stereocenters. The second kappa shape index (κ2) is 7.75. The normalized spacial score (nSPS) is 18.0. The first-order valence-corrected chi connectivity index (χ1v) is 8.97. The van der Waals surface area contributed by atoms with E-state index in [1.807, 2.05) is 0 Å². The number of benzene rings is 1. The zero-order chi connectivity index (χ0) is 15.3. The second-order valence-electron chi connectivity index (χ2n) is 6.98. The van der Waals surface area contributed by atoms with Gasteiger partial charge in [0, 0.05) is 30.1 Å². The zero-order valence-corrected chi connectivity index (χ0v) is 15.2. The molecule has 1 aromatic carbocycles.